The summed E-state index contributed by atoms with van der Waals surface area (Å²) in [6.07, 6.45) is 5.69. The predicted octanol–water partition coefficient (Wildman–Crippen LogP) is 5.27. The van der Waals surface area contributed by atoms with E-state index in [0.29, 0.717) is 13.1 Å². The number of carbonyl (C=O) groups excluding carboxylic acids is 1. The molecule has 0 bridgehead atoms. The van der Waals surface area contributed by atoms with Gasteiger partial charge in [-0.05, 0) is 69.5 Å². The van der Waals surface area contributed by atoms with Crippen molar-refractivity contribution in [1.29, 1.82) is 0 Å². The molecule has 3 aromatic rings. The van der Waals surface area contributed by atoms with Gasteiger partial charge in [0, 0.05) is 66.2 Å². The lowest BCUT2D eigenvalue weighted by atomic mass is 9.82. The number of benzene rings is 1. The fourth-order valence-corrected chi connectivity index (χ4v) is 6.17. The second-order valence-corrected chi connectivity index (χ2v) is 11.4. The van der Waals surface area contributed by atoms with Crippen LogP contribution < -0.4 is 10.1 Å². The molecule has 0 aliphatic carbocycles. The molecule has 1 N–H and O–H groups in total. The van der Waals surface area contributed by atoms with Crippen LogP contribution in [0.25, 0.3) is 22.2 Å². The number of fused-ring (bicyclic) bond motifs is 3. The van der Waals surface area contributed by atoms with E-state index in [9.17, 15) is 9.18 Å². The summed E-state index contributed by atoms with van der Waals surface area (Å²) in [4.78, 5) is 23.8. The molecule has 8 nitrogen and oxygen atoms in total. The first-order chi connectivity index (χ1) is 18.7. The number of pyridine rings is 1. The Morgan fingerprint density at radius 3 is 2.82 bits per heavy atom. The zero-order chi connectivity index (χ0) is 27.3. The topological polar surface area (TPSA) is 84.6 Å². The Bertz CT molecular complexity index is 1480. The van der Waals surface area contributed by atoms with E-state index >= 15 is 0 Å². The van der Waals surface area contributed by atoms with Crippen molar-refractivity contribution >= 4 is 23.1 Å². The number of halogens is 1. The number of nitrogens with one attached hydrogen (secondary N) is 1. The van der Waals surface area contributed by atoms with Gasteiger partial charge in [-0.15, -0.1) is 0 Å². The van der Waals surface area contributed by atoms with Gasteiger partial charge in [-0.3, -0.25) is 14.7 Å². The molecule has 0 radical (unpaired) electrons. The Hall–Kier alpha value is -3.75. The molecule has 4 atom stereocenters. The Morgan fingerprint density at radius 1 is 1.18 bits per heavy atom. The number of amides is 2. The van der Waals surface area contributed by atoms with Crippen LogP contribution in [0.15, 0.2) is 53.3 Å². The van der Waals surface area contributed by atoms with E-state index in [1.54, 1.807) is 6.20 Å². The lowest BCUT2D eigenvalue weighted by molar-refractivity contribution is 0.202. The summed E-state index contributed by atoms with van der Waals surface area (Å²) in [7, 11) is 0. The highest BCUT2D eigenvalue weighted by molar-refractivity contribution is 5.84. The van der Waals surface area contributed by atoms with Crippen molar-refractivity contribution in [2.24, 2.45) is 10.9 Å². The fourth-order valence-electron chi connectivity index (χ4n) is 6.17. The van der Waals surface area contributed by atoms with E-state index in [2.05, 4.69) is 32.1 Å². The largest absolute Gasteiger partial charge is 0.491 e. The number of ether oxygens (including phenoxy) is 1. The number of aliphatic imine (C=N–C) groups is 1. The van der Waals surface area contributed by atoms with Gasteiger partial charge in [0.05, 0.1) is 23.4 Å². The number of nitrogens with zero attached hydrogens (tertiary/aromatic N) is 5. The molecule has 1 saturated heterocycles. The molecule has 1 fully saturated rings. The minimum Gasteiger partial charge on any atom is -0.491 e. The quantitative estimate of drug-likeness (QED) is 0.487. The van der Waals surface area contributed by atoms with Gasteiger partial charge in [-0.1, -0.05) is 6.92 Å². The average molecular weight is 531 g/mol. The summed E-state index contributed by atoms with van der Waals surface area (Å²) >= 11 is 0. The number of carbonyl (C=O) groups is 1. The molecule has 6 rings (SSSR count). The summed E-state index contributed by atoms with van der Waals surface area (Å²) < 4.78 is 22.1. The maximum atomic E-state index is 14.1. The van der Waals surface area contributed by atoms with Crippen LogP contribution in [0.5, 0.6) is 5.75 Å². The number of alkyl halides is 1. The van der Waals surface area contributed by atoms with E-state index in [4.69, 9.17) is 9.84 Å². The number of hydrogen-bond donors (Lipinski definition) is 1. The number of rotatable bonds is 5. The molecule has 39 heavy (non-hydrogen) atoms. The van der Waals surface area contributed by atoms with Gasteiger partial charge in [0.25, 0.3) is 0 Å². The normalized spacial score (nSPS) is 24.9. The van der Waals surface area contributed by atoms with Crippen molar-refractivity contribution in [3.8, 4) is 17.0 Å². The summed E-state index contributed by atoms with van der Waals surface area (Å²) in [6, 6.07) is 9.83. The van der Waals surface area contributed by atoms with Crippen molar-refractivity contribution in [2.45, 2.75) is 70.8 Å². The molecular formula is C30H35FN6O2. The Labute approximate surface area is 228 Å². The van der Waals surface area contributed by atoms with Crippen molar-refractivity contribution in [3.63, 3.8) is 0 Å². The fraction of sp³-hybridized carbons (Fsp3) is 0.467. The molecule has 3 aliphatic heterocycles. The molecule has 1 spiro atoms. The molecule has 2 aromatic heterocycles. The van der Waals surface area contributed by atoms with Gasteiger partial charge < -0.3 is 15.0 Å². The molecule has 3 aliphatic rings. The second-order valence-electron chi connectivity index (χ2n) is 11.4. The van der Waals surface area contributed by atoms with Crippen LogP contribution in [0.3, 0.4) is 0 Å². The summed E-state index contributed by atoms with van der Waals surface area (Å²) in [5.41, 5.74) is 4.65. The van der Waals surface area contributed by atoms with E-state index in [0.717, 1.165) is 52.9 Å². The first-order valence-corrected chi connectivity index (χ1v) is 13.8. The van der Waals surface area contributed by atoms with E-state index in [1.807, 2.05) is 57.0 Å². The number of aryl methyl sites for hydroxylation is 1. The minimum atomic E-state index is -1.12. The summed E-state index contributed by atoms with van der Waals surface area (Å²) in [5, 5.41) is 9.01. The average Bonchev–Trinajstić information content (AvgIpc) is 3.61. The Balaban J connectivity index is 1.18. The Morgan fingerprint density at radius 2 is 2.00 bits per heavy atom. The first kappa shape index (κ1) is 25.5. The molecule has 0 saturated carbocycles. The van der Waals surface area contributed by atoms with Crippen LogP contribution in [0.1, 0.15) is 46.2 Å². The van der Waals surface area contributed by atoms with Crippen LogP contribution in [0.4, 0.5) is 9.18 Å². The monoisotopic (exact) mass is 530 g/mol. The Kier molecular flexibility index (Phi) is 6.40. The third-order valence-corrected chi connectivity index (χ3v) is 8.38. The van der Waals surface area contributed by atoms with Crippen molar-refractivity contribution in [2.75, 3.05) is 13.1 Å². The van der Waals surface area contributed by atoms with Crippen LogP contribution in [0.2, 0.25) is 0 Å². The highest BCUT2D eigenvalue weighted by atomic mass is 19.1. The molecule has 3 unspecified atom stereocenters. The molecule has 204 valence electrons. The molecule has 1 aromatic carbocycles. The van der Waals surface area contributed by atoms with Crippen molar-refractivity contribution in [1.82, 2.24) is 25.0 Å². The molecule has 2 amide bonds. The zero-order valence-electron chi connectivity index (χ0n) is 22.9. The zero-order valence-corrected chi connectivity index (χ0v) is 22.9. The van der Waals surface area contributed by atoms with E-state index in [1.165, 1.54) is 11.9 Å². The number of hydrogen-bond acceptors (Lipinski definition) is 5. The third-order valence-electron chi connectivity index (χ3n) is 8.38. The molecule has 9 heteroatoms. The van der Waals surface area contributed by atoms with Gasteiger partial charge in [0.2, 0.25) is 0 Å². The highest BCUT2D eigenvalue weighted by Crippen LogP contribution is 2.44. The molecular weight excluding hydrogens is 495 g/mol. The SMILES string of the molecule is CC(C)Oc1ccc2ncc(-c3cc4n(n3)CCC43CCN(C(=O)N[C@H](C)C4=CN=CC(F)C4C)C3)cc2c1. The van der Waals surface area contributed by atoms with Crippen LogP contribution in [-0.4, -0.2) is 63.3 Å². The van der Waals surface area contributed by atoms with Gasteiger partial charge in [-0.2, -0.15) is 5.10 Å². The van der Waals surface area contributed by atoms with E-state index < -0.39 is 6.17 Å². The smallest absolute Gasteiger partial charge is 0.317 e. The van der Waals surface area contributed by atoms with Crippen molar-refractivity contribution < 1.29 is 13.9 Å². The number of aromatic nitrogens is 3. The van der Waals surface area contributed by atoms with Crippen LogP contribution in [0, 0.1) is 5.92 Å². The lowest BCUT2D eigenvalue weighted by Gasteiger charge is -2.28. The minimum absolute atomic E-state index is 0.103. The van der Waals surface area contributed by atoms with Crippen LogP contribution >= 0.6 is 0 Å². The van der Waals surface area contributed by atoms with E-state index in [-0.39, 0.29) is 29.5 Å². The molecule has 5 heterocycles. The maximum absolute atomic E-state index is 14.1. The third kappa shape index (κ3) is 4.68. The second kappa shape index (κ2) is 9.77. The standard InChI is InChI=1S/C30H35FN6O2/c1-18(2)39-23-5-6-26-21(12-23)11-22(14-33-26)27-13-28-30(8-10-37(28)35-27)7-9-36(17-30)29(38)34-20(4)24-15-32-16-25(31)19(24)3/h5-6,11-16,18-20,25H,7-10,17H2,1-4H3,(H,34,38)/t19?,20-,25?,30?/m1/s1. The predicted molar refractivity (Wildman–Crippen MR) is 150 cm³/mol. The van der Waals surface area contributed by atoms with Crippen LogP contribution in [-0.2, 0) is 12.0 Å². The number of likely N-dealkylation sites (tertiary alicyclic amines) is 1. The summed E-state index contributed by atoms with van der Waals surface area (Å²) in [5.74, 6) is 0.525. The maximum Gasteiger partial charge on any atom is 0.317 e. The summed E-state index contributed by atoms with van der Waals surface area (Å²) in [6.45, 7) is 9.90. The van der Waals surface area contributed by atoms with Gasteiger partial charge >= 0.3 is 6.03 Å². The first-order valence-electron chi connectivity index (χ1n) is 13.8. The number of urea groups is 1. The highest BCUT2D eigenvalue weighted by Gasteiger charge is 2.47. The lowest BCUT2D eigenvalue weighted by Crippen LogP contribution is -2.46. The van der Waals surface area contributed by atoms with Gasteiger partial charge in [0.15, 0.2) is 0 Å². The van der Waals surface area contributed by atoms with Gasteiger partial charge in [0.1, 0.15) is 11.9 Å². The van der Waals surface area contributed by atoms with Gasteiger partial charge in [-0.25, -0.2) is 9.18 Å². The van der Waals surface area contributed by atoms with Crippen molar-refractivity contribution in [3.05, 3.63) is 54.0 Å².